The number of carbonyl (C=O) groups excluding carboxylic acids is 1. The number of hydrogen-bond donors (Lipinski definition) is 3. The number of amides is 1. The third-order valence-electron chi connectivity index (χ3n) is 7.65. The van der Waals surface area contributed by atoms with Gasteiger partial charge in [0, 0.05) is 30.9 Å². The van der Waals surface area contributed by atoms with E-state index in [0.29, 0.717) is 29.0 Å². The summed E-state index contributed by atoms with van der Waals surface area (Å²) in [5, 5.41) is 12.0. The highest BCUT2D eigenvalue weighted by molar-refractivity contribution is 7.92. The number of furan rings is 1. The van der Waals surface area contributed by atoms with E-state index in [2.05, 4.69) is 14.7 Å². The lowest BCUT2D eigenvalue weighted by Crippen LogP contribution is -2.43. The van der Waals surface area contributed by atoms with Crippen molar-refractivity contribution in [3.8, 4) is 17.0 Å². The SMILES string of the molecule is Cn1c(=O)n(-c2ccc(C[C@H](NC(=O)c3c(F)cc(NS(=O)(=O)c4ccc(-c5ccco5)cc4)cc3F)C(=O)O)nc2)c(=O)c2ccncc21. The first-order chi connectivity index (χ1) is 23.8. The van der Waals surface area contributed by atoms with Gasteiger partial charge in [-0.1, -0.05) is 0 Å². The molecular weight excluding hydrogens is 678 g/mol. The maximum Gasteiger partial charge on any atom is 0.335 e. The summed E-state index contributed by atoms with van der Waals surface area (Å²) in [6, 6.07) is 12.4. The topological polar surface area (TPSA) is 195 Å². The van der Waals surface area contributed by atoms with Crippen molar-refractivity contribution < 1.29 is 36.3 Å². The van der Waals surface area contributed by atoms with Crippen LogP contribution in [0.1, 0.15) is 16.1 Å². The number of pyridine rings is 2. The first-order valence-electron chi connectivity index (χ1n) is 14.5. The van der Waals surface area contributed by atoms with Crippen LogP contribution in [0.2, 0.25) is 0 Å². The number of aliphatic carboxylic acids is 1. The molecule has 14 nitrogen and oxygen atoms in total. The van der Waals surface area contributed by atoms with Crippen LogP contribution in [0.3, 0.4) is 0 Å². The fourth-order valence-corrected chi connectivity index (χ4v) is 6.18. The summed E-state index contributed by atoms with van der Waals surface area (Å²) in [5.74, 6) is -5.40. The van der Waals surface area contributed by atoms with Crippen molar-refractivity contribution in [2.45, 2.75) is 17.4 Å². The molecule has 4 heterocycles. The van der Waals surface area contributed by atoms with Crippen molar-refractivity contribution >= 4 is 38.5 Å². The highest BCUT2D eigenvalue weighted by Crippen LogP contribution is 2.25. The van der Waals surface area contributed by atoms with Crippen LogP contribution in [-0.4, -0.2) is 50.5 Å². The molecule has 17 heteroatoms. The Morgan fingerprint density at radius 1 is 1.00 bits per heavy atom. The number of carboxylic acid groups (broad SMARTS) is 1. The third kappa shape index (κ3) is 6.48. The van der Waals surface area contributed by atoms with Crippen LogP contribution in [0.15, 0.2) is 110 Å². The molecule has 6 aromatic rings. The number of hydrogen-bond acceptors (Lipinski definition) is 9. The van der Waals surface area contributed by atoms with Crippen LogP contribution in [0.4, 0.5) is 14.5 Å². The molecule has 0 aliphatic rings. The Labute approximate surface area is 280 Å². The number of aryl methyl sites for hydroxylation is 1. The highest BCUT2D eigenvalue weighted by Gasteiger charge is 2.27. The maximum absolute atomic E-state index is 15.1. The molecule has 50 heavy (non-hydrogen) atoms. The number of aromatic nitrogens is 4. The van der Waals surface area contributed by atoms with Gasteiger partial charge < -0.3 is 14.8 Å². The summed E-state index contributed by atoms with van der Waals surface area (Å²) >= 11 is 0. The molecule has 1 amide bonds. The number of benzene rings is 2. The second-order valence-electron chi connectivity index (χ2n) is 10.9. The van der Waals surface area contributed by atoms with Crippen LogP contribution >= 0.6 is 0 Å². The van der Waals surface area contributed by atoms with Gasteiger partial charge in [-0.05, 0) is 66.7 Å². The zero-order valence-electron chi connectivity index (χ0n) is 25.7. The molecular formula is C33H24F2N6O8S. The minimum Gasteiger partial charge on any atom is -0.480 e. The van der Waals surface area contributed by atoms with E-state index in [1.165, 1.54) is 78.9 Å². The normalized spacial score (nSPS) is 12.1. The molecule has 3 N–H and O–H groups in total. The van der Waals surface area contributed by atoms with Crippen LogP contribution in [0.5, 0.6) is 0 Å². The molecule has 0 aliphatic heterocycles. The van der Waals surface area contributed by atoms with Crippen molar-refractivity contribution in [1.29, 1.82) is 0 Å². The number of halogens is 2. The Kier molecular flexibility index (Phi) is 8.82. The Hall–Kier alpha value is -6.49. The standard InChI is InChI=1S/C33H24F2N6O8S/c1-40-27-17-36-11-10-23(27)31(43)41(33(40)46)21-7-6-19(37-16-21)15-26(32(44)45)38-30(42)29-24(34)13-20(14-25(29)35)39-50(47,48)22-8-4-18(5-9-22)28-3-2-12-49-28/h2-14,16-17,26,39H,15H2,1H3,(H,38,42)(H,44,45)/t26-/m0/s1. The van der Waals surface area contributed by atoms with Gasteiger partial charge in [0.1, 0.15) is 29.0 Å². The first kappa shape index (κ1) is 33.4. The number of anilines is 1. The predicted octanol–water partition coefficient (Wildman–Crippen LogP) is 3.24. The molecule has 0 bridgehead atoms. The summed E-state index contributed by atoms with van der Waals surface area (Å²) in [7, 11) is -2.84. The molecule has 0 radical (unpaired) electrons. The lowest BCUT2D eigenvalue weighted by atomic mass is 10.1. The Bertz CT molecular complexity index is 2480. The fraction of sp³-hybridized carbons (Fsp3) is 0.0909. The van der Waals surface area contributed by atoms with E-state index in [0.717, 1.165) is 4.57 Å². The lowest BCUT2D eigenvalue weighted by molar-refractivity contribution is -0.139. The quantitative estimate of drug-likeness (QED) is 0.191. The van der Waals surface area contributed by atoms with Gasteiger partial charge in [-0.3, -0.25) is 28.8 Å². The molecule has 6 rings (SSSR count). The predicted molar refractivity (Wildman–Crippen MR) is 174 cm³/mol. The summed E-state index contributed by atoms with van der Waals surface area (Å²) < 4.78 is 65.3. The number of carbonyl (C=O) groups is 2. The van der Waals surface area contributed by atoms with E-state index in [-0.39, 0.29) is 21.7 Å². The number of nitrogens with one attached hydrogen (secondary N) is 2. The van der Waals surface area contributed by atoms with Gasteiger partial charge in [0.25, 0.3) is 21.5 Å². The second-order valence-corrected chi connectivity index (χ2v) is 12.6. The molecule has 2 aromatic carbocycles. The number of sulfonamides is 1. The van der Waals surface area contributed by atoms with E-state index in [1.54, 1.807) is 12.1 Å². The van der Waals surface area contributed by atoms with Crippen molar-refractivity contribution in [2.24, 2.45) is 7.05 Å². The average molecular weight is 703 g/mol. The number of carboxylic acids is 1. The zero-order valence-corrected chi connectivity index (χ0v) is 26.5. The monoisotopic (exact) mass is 702 g/mol. The van der Waals surface area contributed by atoms with E-state index >= 15 is 8.78 Å². The number of nitrogens with zero attached hydrogens (tertiary/aromatic N) is 4. The maximum atomic E-state index is 15.1. The van der Waals surface area contributed by atoms with Crippen molar-refractivity contribution in [1.82, 2.24) is 24.4 Å². The zero-order chi connectivity index (χ0) is 35.7. The number of rotatable bonds is 10. The average Bonchev–Trinajstić information content (AvgIpc) is 3.63. The molecule has 0 fully saturated rings. The highest BCUT2D eigenvalue weighted by atomic mass is 32.2. The Morgan fingerprint density at radius 2 is 1.72 bits per heavy atom. The van der Waals surface area contributed by atoms with Crippen molar-refractivity contribution in [3.05, 3.63) is 135 Å². The van der Waals surface area contributed by atoms with Gasteiger partial charge >= 0.3 is 11.7 Å². The lowest BCUT2D eigenvalue weighted by Gasteiger charge is -2.16. The van der Waals surface area contributed by atoms with Crippen molar-refractivity contribution in [3.63, 3.8) is 0 Å². The molecule has 0 saturated heterocycles. The van der Waals surface area contributed by atoms with Crippen LogP contribution in [0, 0.1) is 11.6 Å². The van der Waals surface area contributed by atoms with Crippen LogP contribution in [-0.2, 0) is 28.3 Å². The van der Waals surface area contributed by atoms with E-state index in [1.807, 2.05) is 5.32 Å². The van der Waals surface area contributed by atoms with E-state index in [9.17, 15) is 32.7 Å². The van der Waals surface area contributed by atoms with Gasteiger partial charge in [0.05, 0.1) is 45.8 Å². The van der Waals surface area contributed by atoms with Crippen LogP contribution < -0.4 is 21.3 Å². The third-order valence-corrected chi connectivity index (χ3v) is 9.05. The van der Waals surface area contributed by atoms with E-state index < -0.39 is 68.5 Å². The molecule has 0 aliphatic carbocycles. The minimum absolute atomic E-state index is 0.0831. The van der Waals surface area contributed by atoms with Gasteiger partial charge in [-0.15, -0.1) is 0 Å². The fourth-order valence-electron chi connectivity index (χ4n) is 5.14. The summed E-state index contributed by atoms with van der Waals surface area (Å²) in [5.41, 5.74) is -1.88. The molecule has 4 aromatic heterocycles. The summed E-state index contributed by atoms with van der Waals surface area (Å²) in [6.45, 7) is 0. The van der Waals surface area contributed by atoms with Crippen LogP contribution in [0.25, 0.3) is 27.9 Å². The number of fused-ring (bicyclic) bond motifs is 1. The van der Waals surface area contributed by atoms with Gasteiger partial charge in [0.15, 0.2) is 0 Å². The molecule has 0 unspecified atom stereocenters. The summed E-state index contributed by atoms with van der Waals surface area (Å²) in [6.07, 6.45) is 4.95. The van der Waals surface area contributed by atoms with E-state index in [4.69, 9.17) is 4.42 Å². The Morgan fingerprint density at radius 3 is 2.34 bits per heavy atom. The minimum atomic E-state index is -4.31. The molecule has 1 atom stereocenters. The smallest absolute Gasteiger partial charge is 0.335 e. The second kappa shape index (κ2) is 13.2. The van der Waals surface area contributed by atoms with Gasteiger partial charge in [0.2, 0.25) is 0 Å². The largest absolute Gasteiger partial charge is 0.480 e. The van der Waals surface area contributed by atoms with Gasteiger partial charge in [-0.2, -0.15) is 0 Å². The molecule has 254 valence electrons. The molecule has 0 saturated carbocycles. The molecule has 0 spiro atoms. The Balaban J connectivity index is 1.17. The first-order valence-corrected chi connectivity index (χ1v) is 16.0. The van der Waals surface area contributed by atoms with Gasteiger partial charge in [-0.25, -0.2) is 31.4 Å². The summed E-state index contributed by atoms with van der Waals surface area (Å²) in [4.78, 5) is 58.7. The van der Waals surface area contributed by atoms with Crippen molar-refractivity contribution in [2.75, 3.05) is 4.72 Å².